The first-order valence-electron chi connectivity index (χ1n) is 9.59. The summed E-state index contributed by atoms with van der Waals surface area (Å²) in [6.45, 7) is 5.20. The van der Waals surface area contributed by atoms with Gasteiger partial charge in [0.1, 0.15) is 11.5 Å². The number of carbonyl (C=O) groups is 2. The Balaban J connectivity index is 1.59. The SMILES string of the molecule is CC(=O)OC1=CC[C@@H]2[C@H]3CCc4cc(OC(C)=O)ccc4[C@H]3CC[C@@]12C. The van der Waals surface area contributed by atoms with Crippen molar-refractivity contribution in [1.82, 2.24) is 0 Å². The Bertz CT molecular complexity index is 793. The highest BCUT2D eigenvalue weighted by Gasteiger charge is 2.53. The average molecular weight is 354 g/mol. The monoisotopic (exact) mass is 354 g/mol. The molecule has 0 amide bonds. The molecule has 4 nitrogen and oxygen atoms in total. The summed E-state index contributed by atoms with van der Waals surface area (Å²) in [6.07, 6.45) is 7.46. The minimum absolute atomic E-state index is 0.0119. The van der Waals surface area contributed by atoms with Crippen LogP contribution in [0.2, 0.25) is 0 Å². The number of aryl methyl sites for hydroxylation is 1. The summed E-state index contributed by atoms with van der Waals surface area (Å²) in [5.74, 6) is 2.75. The van der Waals surface area contributed by atoms with Crippen molar-refractivity contribution in [2.45, 2.75) is 58.8 Å². The van der Waals surface area contributed by atoms with E-state index in [-0.39, 0.29) is 17.4 Å². The highest BCUT2D eigenvalue weighted by atomic mass is 16.5. The smallest absolute Gasteiger partial charge is 0.308 e. The van der Waals surface area contributed by atoms with Gasteiger partial charge in [-0.2, -0.15) is 0 Å². The molecule has 3 aliphatic carbocycles. The van der Waals surface area contributed by atoms with Crippen LogP contribution >= 0.6 is 0 Å². The fraction of sp³-hybridized carbons (Fsp3) is 0.545. The molecule has 4 atom stereocenters. The van der Waals surface area contributed by atoms with E-state index in [9.17, 15) is 9.59 Å². The van der Waals surface area contributed by atoms with E-state index in [2.05, 4.69) is 19.1 Å². The van der Waals surface area contributed by atoms with E-state index in [4.69, 9.17) is 9.47 Å². The first-order chi connectivity index (χ1) is 12.4. The molecule has 0 radical (unpaired) electrons. The van der Waals surface area contributed by atoms with Gasteiger partial charge in [0.05, 0.1) is 0 Å². The summed E-state index contributed by atoms with van der Waals surface area (Å²) >= 11 is 0. The number of benzene rings is 1. The molecule has 3 aliphatic rings. The fourth-order valence-corrected chi connectivity index (χ4v) is 5.63. The Hall–Kier alpha value is -2.10. The van der Waals surface area contributed by atoms with Gasteiger partial charge in [-0.3, -0.25) is 9.59 Å². The second kappa shape index (κ2) is 6.26. The van der Waals surface area contributed by atoms with Crippen LogP contribution in [-0.4, -0.2) is 11.9 Å². The highest BCUT2D eigenvalue weighted by molar-refractivity contribution is 5.69. The Morgan fingerprint density at radius 2 is 1.88 bits per heavy atom. The number of allylic oxidation sites excluding steroid dienone is 2. The predicted octanol–water partition coefficient (Wildman–Crippen LogP) is 4.52. The van der Waals surface area contributed by atoms with Crippen LogP contribution < -0.4 is 4.74 Å². The van der Waals surface area contributed by atoms with Crippen LogP contribution in [0.1, 0.15) is 63.5 Å². The van der Waals surface area contributed by atoms with E-state index in [0.717, 1.165) is 37.9 Å². The number of carbonyl (C=O) groups excluding carboxylic acids is 2. The lowest BCUT2D eigenvalue weighted by Gasteiger charge is -2.49. The maximum absolute atomic E-state index is 11.5. The maximum atomic E-state index is 11.5. The average Bonchev–Trinajstić information content (AvgIpc) is 2.90. The molecule has 1 aromatic rings. The van der Waals surface area contributed by atoms with Gasteiger partial charge in [0.15, 0.2) is 0 Å². The number of esters is 2. The molecule has 1 aromatic carbocycles. The lowest BCUT2D eigenvalue weighted by molar-refractivity contribution is -0.139. The van der Waals surface area contributed by atoms with Crippen molar-refractivity contribution in [1.29, 1.82) is 0 Å². The molecule has 0 N–H and O–H groups in total. The molecule has 138 valence electrons. The van der Waals surface area contributed by atoms with Crippen LogP contribution in [0.25, 0.3) is 0 Å². The van der Waals surface area contributed by atoms with Crippen LogP contribution in [0.4, 0.5) is 0 Å². The predicted molar refractivity (Wildman–Crippen MR) is 97.6 cm³/mol. The summed E-state index contributed by atoms with van der Waals surface area (Å²) in [7, 11) is 0. The summed E-state index contributed by atoms with van der Waals surface area (Å²) in [6, 6.07) is 6.12. The molecule has 26 heavy (non-hydrogen) atoms. The molecule has 4 heteroatoms. The summed E-state index contributed by atoms with van der Waals surface area (Å²) in [5, 5.41) is 0. The van der Waals surface area contributed by atoms with E-state index < -0.39 is 0 Å². The maximum Gasteiger partial charge on any atom is 0.308 e. The molecule has 0 unspecified atom stereocenters. The lowest BCUT2D eigenvalue weighted by Crippen LogP contribution is -2.41. The van der Waals surface area contributed by atoms with Gasteiger partial charge < -0.3 is 9.47 Å². The van der Waals surface area contributed by atoms with E-state index in [1.165, 1.54) is 25.0 Å². The van der Waals surface area contributed by atoms with Gasteiger partial charge in [-0.15, -0.1) is 0 Å². The molecule has 0 aliphatic heterocycles. The first-order valence-corrected chi connectivity index (χ1v) is 9.59. The van der Waals surface area contributed by atoms with Crippen molar-refractivity contribution < 1.29 is 19.1 Å². The largest absolute Gasteiger partial charge is 0.431 e. The zero-order valence-corrected chi connectivity index (χ0v) is 15.7. The second-order valence-electron chi connectivity index (χ2n) is 8.22. The van der Waals surface area contributed by atoms with Gasteiger partial charge in [0.2, 0.25) is 0 Å². The normalized spacial score (nSPS) is 32.0. The Morgan fingerprint density at radius 3 is 2.62 bits per heavy atom. The molecule has 4 rings (SSSR count). The van der Waals surface area contributed by atoms with Crippen LogP contribution in [0.3, 0.4) is 0 Å². The van der Waals surface area contributed by atoms with Crippen molar-refractivity contribution in [3.05, 3.63) is 41.2 Å². The molecule has 1 fully saturated rings. The number of hydrogen-bond donors (Lipinski definition) is 0. The standard InChI is InChI=1S/C22H26O4/c1-13(23)25-16-5-7-17-15(12-16)4-6-19-18(17)10-11-22(3)20(19)8-9-21(22)26-14(2)24/h5,7,9,12,18-20H,4,6,8,10-11H2,1-3H3/t18-,19+,20-,22-/m1/s1. The third kappa shape index (κ3) is 2.76. The quantitative estimate of drug-likeness (QED) is 0.578. The van der Waals surface area contributed by atoms with Crippen molar-refractivity contribution >= 4 is 11.9 Å². The van der Waals surface area contributed by atoms with E-state index in [1.807, 2.05) is 12.1 Å². The van der Waals surface area contributed by atoms with E-state index >= 15 is 0 Å². The van der Waals surface area contributed by atoms with Crippen molar-refractivity contribution in [2.75, 3.05) is 0 Å². The zero-order valence-electron chi connectivity index (χ0n) is 15.7. The highest BCUT2D eigenvalue weighted by Crippen LogP contribution is 2.61. The second-order valence-corrected chi connectivity index (χ2v) is 8.22. The minimum Gasteiger partial charge on any atom is -0.431 e. The Labute approximate surface area is 154 Å². The van der Waals surface area contributed by atoms with Crippen LogP contribution in [-0.2, 0) is 20.7 Å². The lowest BCUT2D eigenvalue weighted by atomic mass is 9.55. The van der Waals surface area contributed by atoms with Gasteiger partial charge in [-0.05, 0) is 79.2 Å². The first kappa shape index (κ1) is 17.3. The summed E-state index contributed by atoms with van der Waals surface area (Å²) in [5.41, 5.74) is 2.72. The molecule has 1 saturated carbocycles. The molecule has 0 saturated heterocycles. The van der Waals surface area contributed by atoms with Gasteiger partial charge >= 0.3 is 11.9 Å². The molecule has 0 heterocycles. The third-order valence-corrected chi connectivity index (χ3v) is 6.72. The van der Waals surface area contributed by atoms with E-state index in [0.29, 0.717) is 23.5 Å². The number of rotatable bonds is 2. The minimum atomic E-state index is -0.276. The zero-order chi connectivity index (χ0) is 18.5. The fourth-order valence-electron chi connectivity index (χ4n) is 5.63. The number of ether oxygens (including phenoxy) is 2. The van der Waals surface area contributed by atoms with Gasteiger partial charge in [-0.25, -0.2) is 0 Å². The van der Waals surface area contributed by atoms with Gasteiger partial charge in [-0.1, -0.05) is 13.0 Å². The summed E-state index contributed by atoms with van der Waals surface area (Å²) in [4.78, 5) is 22.7. The Morgan fingerprint density at radius 1 is 1.12 bits per heavy atom. The molecular formula is C22H26O4. The topological polar surface area (TPSA) is 52.6 Å². The van der Waals surface area contributed by atoms with Crippen molar-refractivity contribution in [2.24, 2.45) is 17.3 Å². The van der Waals surface area contributed by atoms with Crippen LogP contribution in [0, 0.1) is 17.3 Å². The van der Waals surface area contributed by atoms with Crippen molar-refractivity contribution in [3.8, 4) is 5.75 Å². The van der Waals surface area contributed by atoms with Crippen LogP contribution in [0.5, 0.6) is 5.75 Å². The summed E-state index contributed by atoms with van der Waals surface area (Å²) < 4.78 is 10.8. The number of fused-ring (bicyclic) bond motifs is 5. The Kier molecular flexibility index (Phi) is 4.17. The molecular weight excluding hydrogens is 328 g/mol. The van der Waals surface area contributed by atoms with E-state index in [1.54, 1.807) is 0 Å². The van der Waals surface area contributed by atoms with Crippen molar-refractivity contribution in [3.63, 3.8) is 0 Å². The molecule has 0 spiro atoms. The van der Waals surface area contributed by atoms with Gasteiger partial charge in [0.25, 0.3) is 0 Å². The molecule has 0 aromatic heterocycles. The van der Waals surface area contributed by atoms with Crippen LogP contribution in [0.15, 0.2) is 30.0 Å². The van der Waals surface area contributed by atoms with Gasteiger partial charge in [0, 0.05) is 19.3 Å². The number of hydrogen-bond acceptors (Lipinski definition) is 4. The molecule has 0 bridgehead atoms. The third-order valence-electron chi connectivity index (χ3n) is 6.72.